The van der Waals surface area contributed by atoms with E-state index < -0.39 is 0 Å². The lowest BCUT2D eigenvalue weighted by atomic mass is 9.87. The van der Waals surface area contributed by atoms with Crippen molar-refractivity contribution in [3.05, 3.63) is 12.2 Å². The number of hydrogen-bond donors (Lipinski definition) is 1. The van der Waals surface area contributed by atoms with E-state index in [9.17, 15) is 4.79 Å². The summed E-state index contributed by atoms with van der Waals surface area (Å²) in [6, 6.07) is 1.19. The second kappa shape index (κ2) is 3.10. The van der Waals surface area contributed by atoms with E-state index in [2.05, 4.69) is 22.4 Å². The van der Waals surface area contributed by atoms with E-state index in [1.54, 1.807) is 0 Å². The Morgan fingerprint density at radius 2 is 1.88 bits per heavy atom. The van der Waals surface area contributed by atoms with Crippen molar-refractivity contribution in [2.24, 2.45) is 17.8 Å². The lowest BCUT2D eigenvalue weighted by Gasteiger charge is -2.49. The van der Waals surface area contributed by atoms with E-state index >= 15 is 0 Å². The van der Waals surface area contributed by atoms with Gasteiger partial charge in [-0.2, -0.15) is 0 Å². The van der Waals surface area contributed by atoms with E-state index in [0.29, 0.717) is 35.7 Å². The second-order valence-electron chi connectivity index (χ2n) is 5.93. The minimum atomic E-state index is 0.312. The van der Waals surface area contributed by atoms with Gasteiger partial charge in [-0.05, 0) is 31.1 Å². The molecular formula is C13H18N2O. The Morgan fingerprint density at radius 1 is 1.12 bits per heavy atom. The largest absolute Gasteiger partial charge is 0.339 e. The number of carbonyl (C=O) groups is 1. The molecule has 2 aliphatic carbocycles. The van der Waals surface area contributed by atoms with Crippen LogP contribution in [-0.4, -0.2) is 36.0 Å². The highest BCUT2D eigenvalue weighted by Gasteiger charge is 2.45. The maximum atomic E-state index is 12.4. The summed E-state index contributed by atoms with van der Waals surface area (Å²) in [5, 5.41) is 3.48. The molecule has 0 radical (unpaired) electrons. The number of allylic oxidation sites excluding steroid dienone is 2. The van der Waals surface area contributed by atoms with Crippen LogP contribution in [0.2, 0.25) is 0 Å². The normalized spacial score (nSPS) is 48.2. The number of fused-ring (bicyclic) bond motifs is 4. The van der Waals surface area contributed by atoms with Crippen molar-refractivity contribution in [3.63, 3.8) is 0 Å². The molecule has 0 aromatic rings. The minimum absolute atomic E-state index is 0.312. The molecule has 4 bridgehead atoms. The van der Waals surface area contributed by atoms with Gasteiger partial charge in [0.05, 0.1) is 0 Å². The van der Waals surface area contributed by atoms with Crippen molar-refractivity contribution in [1.82, 2.24) is 10.2 Å². The first kappa shape index (κ1) is 9.23. The van der Waals surface area contributed by atoms with Crippen LogP contribution in [0.4, 0.5) is 0 Å². The van der Waals surface area contributed by atoms with Gasteiger partial charge in [-0.25, -0.2) is 0 Å². The van der Waals surface area contributed by atoms with Crippen molar-refractivity contribution in [2.45, 2.75) is 31.3 Å². The van der Waals surface area contributed by atoms with Gasteiger partial charge in [0.1, 0.15) is 0 Å². The molecule has 0 aromatic heterocycles. The van der Waals surface area contributed by atoms with E-state index in [1.807, 2.05) is 0 Å². The molecule has 16 heavy (non-hydrogen) atoms. The summed E-state index contributed by atoms with van der Waals surface area (Å²) < 4.78 is 0. The predicted molar refractivity (Wildman–Crippen MR) is 60.8 cm³/mol. The number of rotatable bonds is 1. The zero-order valence-electron chi connectivity index (χ0n) is 9.43. The fourth-order valence-electron chi connectivity index (χ4n) is 3.99. The summed E-state index contributed by atoms with van der Waals surface area (Å²) in [5.74, 6) is 2.01. The smallest absolute Gasteiger partial charge is 0.226 e. The molecule has 4 fully saturated rings. The third-order valence-electron chi connectivity index (χ3n) is 4.83. The van der Waals surface area contributed by atoms with Crippen LogP contribution in [0.25, 0.3) is 0 Å². The molecule has 0 aromatic carbocycles. The van der Waals surface area contributed by atoms with E-state index in [4.69, 9.17) is 0 Å². The fraction of sp³-hybridized carbons (Fsp3) is 0.769. The van der Waals surface area contributed by atoms with Crippen LogP contribution in [0.15, 0.2) is 12.2 Å². The third kappa shape index (κ3) is 1.21. The SMILES string of the molecule is O=C([C@@H]1C[C@@H]2C=C[C@H]1C2)N1CC2CC(C1)N2. The summed E-state index contributed by atoms with van der Waals surface area (Å²) in [4.78, 5) is 14.5. The molecule has 0 spiro atoms. The zero-order valence-corrected chi connectivity index (χ0v) is 9.43. The van der Waals surface area contributed by atoms with Gasteiger partial charge >= 0.3 is 0 Å². The van der Waals surface area contributed by atoms with E-state index in [0.717, 1.165) is 19.5 Å². The Hall–Kier alpha value is -0.830. The van der Waals surface area contributed by atoms with Gasteiger partial charge in [-0.1, -0.05) is 12.2 Å². The van der Waals surface area contributed by atoms with Crippen LogP contribution in [0.5, 0.6) is 0 Å². The lowest BCUT2D eigenvalue weighted by Crippen LogP contribution is -2.68. The quantitative estimate of drug-likeness (QED) is 0.659. The molecule has 1 amide bonds. The summed E-state index contributed by atoms with van der Waals surface area (Å²) in [6.07, 6.45) is 8.21. The topological polar surface area (TPSA) is 32.3 Å². The van der Waals surface area contributed by atoms with Crippen molar-refractivity contribution in [3.8, 4) is 0 Å². The highest BCUT2D eigenvalue weighted by Crippen LogP contribution is 2.44. The van der Waals surface area contributed by atoms with Gasteiger partial charge in [-0.3, -0.25) is 4.79 Å². The molecule has 3 saturated heterocycles. The number of piperazine rings is 1. The average Bonchev–Trinajstić information content (AvgIpc) is 2.89. The Labute approximate surface area is 95.9 Å². The molecule has 5 atom stereocenters. The van der Waals surface area contributed by atoms with Gasteiger partial charge in [0.15, 0.2) is 0 Å². The minimum Gasteiger partial charge on any atom is -0.339 e. The Bertz CT molecular complexity index is 349. The third-order valence-corrected chi connectivity index (χ3v) is 4.83. The molecule has 3 aliphatic heterocycles. The first-order valence-corrected chi connectivity index (χ1v) is 6.53. The maximum Gasteiger partial charge on any atom is 0.226 e. The lowest BCUT2D eigenvalue weighted by molar-refractivity contribution is -0.140. The monoisotopic (exact) mass is 218 g/mol. The fourth-order valence-corrected chi connectivity index (χ4v) is 3.99. The van der Waals surface area contributed by atoms with Crippen molar-refractivity contribution < 1.29 is 4.79 Å². The Kier molecular flexibility index (Phi) is 1.79. The molecule has 3 nitrogen and oxygen atoms in total. The summed E-state index contributed by atoms with van der Waals surface area (Å²) in [5.41, 5.74) is 0. The predicted octanol–water partition coefficient (Wildman–Crippen LogP) is 0.771. The number of amides is 1. The Balaban J connectivity index is 1.48. The summed E-state index contributed by atoms with van der Waals surface area (Å²) in [6.45, 7) is 1.90. The number of hydrogen-bond acceptors (Lipinski definition) is 2. The first-order chi connectivity index (χ1) is 7.79. The highest BCUT2D eigenvalue weighted by molar-refractivity contribution is 5.80. The van der Waals surface area contributed by atoms with Crippen molar-refractivity contribution >= 4 is 5.91 Å². The van der Waals surface area contributed by atoms with Crippen LogP contribution in [0.3, 0.4) is 0 Å². The summed E-state index contributed by atoms with van der Waals surface area (Å²) >= 11 is 0. The molecule has 1 saturated carbocycles. The molecule has 1 N–H and O–H groups in total. The van der Waals surface area contributed by atoms with Gasteiger partial charge < -0.3 is 10.2 Å². The molecule has 3 heteroatoms. The van der Waals surface area contributed by atoms with Crippen LogP contribution in [0, 0.1) is 17.8 Å². The average molecular weight is 218 g/mol. The van der Waals surface area contributed by atoms with Gasteiger partial charge in [0.25, 0.3) is 0 Å². The molecule has 86 valence electrons. The number of piperidine rings is 1. The van der Waals surface area contributed by atoms with Gasteiger partial charge in [-0.15, -0.1) is 0 Å². The Morgan fingerprint density at radius 3 is 2.44 bits per heavy atom. The van der Waals surface area contributed by atoms with E-state index in [1.165, 1.54) is 12.8 Å². The van der Waals surface area contributed by atoms with Crippen molar-refractivity contribution in [1.29, 1.82) is 0 Å². The number of carbonyl (C=O) groups excluding carboxylic acids is 1. The molecule has 2 unspecified atom stereocenters. The maximum absolute atomic E-state index is 12.4. The van der Waals surface area contributed by atoms with Crippen LogP contribution < -0.4 is 5.32 Å². The highest BCUT2D eigenvalue weighted by atomic mass is 16.2. The number of nitrogens with zero attached hydrogens (tertiary/aromatic N) is 1. The van der Waals surface area contributed by atoms with Gasteiger partial charge in [0.2, 0.25) is 5.91 Å². The van der Waals surface area contributed by atoms with Crippen LogP contribution in [0.1, 0.15) is 19.3 Å². The number of nitrogens with one attached hydrogen (secondary N) is 1. The van der Waals surface area contributed by atoms with Crippen molar-refractivity contribution in [2.75, 3.05) is 13.1 Å². The van der Waals surface area contributed by atoms with E-state index in [-0.39, 0.29) is 0 Å². The standard InChI is InChI=1S/C13H18N2O/c16-13(12-4-8-1-2-9(12)3-8)15-6-10-5-11(7-15)14-10/h1-2,8-12,14H,3-7H2/t8-,9+,10?,11?,12-/m1/s1. The van der Waals surface area contributed by atoms with Gasteiger partial charge in [0, 0.05) is 31.1 Å². The molecule has 5 aliphatic rings. The molecular weight excluding hydrogens is 200 g/mol. The first-order valence-electron chi connectivity index (χ1n) is 6.53. The second-order valence-corrected chi connectivity index (χ2v) is 5.93. The zero-order chi connectivity index (χ0) is 10.7. The molecule has 3 heterocycles. The summed E-state index contributed by atoms with van der Waals surface area (Å²) in [7, 11) is 0. The van der Waals surface area contributed by atoms with Crippen LogP contribution >= 0.6 is 0 Å². The van der Waals surface area contributed by atoms with Crippen LogP contribution in [-0.2, 0) is 4.79 Å². The molecule has 5 rings (SSSR count).